The first-order chi connectivity index (χ1) is 22.3. The van der Waals surface area contributed by atoms with Gasteiger partial charge in [0.15, 0.2) is 0 Å². The molecule has 0 saturated carbocycles. The van der Waals surface area contributed by atoms with Crippen LogP contribution >= 0.6 is 0 Å². The molecule has 0 aromatic heterocycles. The summed E-state index contributed by atoms with van der Waals surface area (Å²) >= 11 is 0. The predicted octanol–water partition coefficient (Wildman–Crippen LogP) is 0.407. The maximum absolute atomic E-state index is 12.2. The zero-order chi connectivity index (χ0) is 31.5. The molecule has 2 aliphatic heterocycles. The Labute approximate surface area is 272 Å². The summed E-state index contributed by atoms with van der Waals surface area (Å²) in [5, 5.41) is 21.3. The average Bonchev–Trinajstić information content (AvgIpc) is 3.02. The molecule has 0 bridgehead atoms. The first-order valence-electron chi connectivity index (χ1n) is 17.5. The number of benzene rings is 1. The van der Waals surface area contributed by atoms with Crippen LogP contribution in [0.2, 0.25) is 0 Å². The fourth-order valence-electron chi connectivity index (χ4n) is 5.47. The van der Waals surface area contributed by atoms with Crippen LogP contribution in [-0.4, -0.2) is 154 Å². The molecule has 0 radical (unpaired) electrons. The van der Waals surface area contributed by atoms with Crippen LogP contribution < -0.4 is 36.6 Å². The van der Waals surface area contributed by atoms with Crippen molar-refractivity contribution in [2.45, 2.75) is 32.4 Å². The third-order valence-corrected chi connectivity index (χ3v) is 7.96. The Morgan fingerprint density at radius 1 is 0.489 bits per heavy atom. The molecule has 0 aliphatic carbocycles. The van der Waals surface area contributed by atoms with Gasteiger partial charge in [0.25, 0.3) is 0 Å². The van der Waals surface area contributed by atoms with E-state index in [-0.39, 0.29) is 6.67 Å². The quantitative estimate of drug-likeness (QED) is 0.142. The second kappa shape index (κ2) is 26.6. The molecule has 1 aromatic rings. The van der Waals surface area contributed by atoms with E-state index < -0.39 is 0 Å². The van der Waals surface area contributed by atoms with Gasteiger partial charge in [-0.05, 0) is 42.5 Å². The standard InChI is InChI=1S/C33H63FN8O3/c34-4-2-1-3-21-43-22-23-44-24-25-45-33-27-31(29-41-17-13-37-9-5-35-6-10-38-14-18-41)26-32(28-33)30-42-19-15-39-11-7-36-8-12-40-16-20-42/h26-28,35-40H,1-25,29-30H2/i34-1. The minimum Gasteiger partial charge on any atom is -0.491 e. The molecule has 2 aliphatic rings. The van der Waals surface area contributed by atoms with Crippen molar-refractivity contribution in [3.05, 3.63) is 29.3 Å². The Morgan fingerprint density at radius 3 is 1.38 bits per heavy atom. The van der Waals surface area contributed by atoms with Crippen LogP contribution in [0.15, 0.2) is 18.2 Å². The second-order valence-electron chi connectivity index (χ2n) is 11.9. The third kappa shape index (κ3) is 19.7. The van der Waals surface area contributed by atoms with Gasteiger partial charge < -0.3 is 46.1 Å². The lowest BCUT2D eigenvalue weighted by Crippen LogP contribution is -2.41. The molecule has 3 rings (SSSR count). The van der Waals surface area contributed by atoms with Gasteiger partial charge in [-0.25, -0.2) is 0 Å². The summed E-state index contributed by atoms with van der Waals surface area (Å²) in [5.74, 6) is 0.906. The van der Waals surface area contributed by atoms with Crippen molar-refractivity contribution in [3.63, 3.8) is 0 Å². The molecule has 0 atom stereocenters. The molecule has 2 heterocycles. The van der Waals surface area contributed by atoms with Gasteiger partial charge >= 0.3 is 0 Å². The van der Waals surface area contributed by atoms with E-state index in [4.69, 9.17) is 14.2 Å². The Hall–Kier alpha value is -1.45. The SMILES string of the molecule is [18F]CCCCCOCCOCCOc1cc(CN2CCNCCNCCNCC2)cc(CN2CCNCCNCCNCC2)c1. The van der Waals surface area contributed by atoms with Crippen molar-refractivity contribution in [2.24, 2.45) is 0 Å². The van der Waals surface area contributed by atoms with E-state index in [1.807, 2.05) is 0 Å². The van der Waals surface area contributed by atoms with Gasteiger partial charge in [-0.2, -0.15) is 0 Å². The van der Waals surface area contributed by atoms with Gasteiger partial charge in [0.1, 0.15) is 12.4 Å². The minimum atomic E-state index is -0.246. The topological polar surface area (TPSA) is 106 Å². The monoisotopic (exact) mass is 638 g/mol. The number of ether oxygens (including phenoxy) is 3. The van der Waals surface area contributed by atoms with Crippen molar-refractivity contribution < 1.29 is 18.6 Å². The maximum atomic E-state index is 12.2. The van der Waals surface area contributed by atoms with E-state index in [0.717, 1.165) is 136 Å². The summed E-state index contributed by atoms with van der Waals surface area (Å²) in [4.78, 5) is 5.08. The Bertz CT molecular complexity index is 769. The van der Waals surface area contributed by atoms with Gasteiger partial charge in [-0.3, -0.25) is 14.2 Å². The highest BCUT2D eigenvalue weighted by molar-refractivity contribution is 5.34. The van der Waals surface area contributed by atoms with Crippen molar-refractivity contribution in [3.8, 4) is 5.75 Å². The first-order valence-corrected chi connectivity index (χ1v) is 17.5. The van der Waals surface area contributed by atoms with E-state index in [0.29, 0.717) is 39.5 Å². The summed E-state index contributed by atoms with van der Waals surface area (Å²) in [6.45, 7) is 20.2. The number of halogens is 1. The number of hydrogen-bond acceptors (Lipinski definition) is 11. The number of nitrogens with one attached hydrogen (secondary N) is 6. The zero-order valence-electron chi connectivity index (χ0n) is 27.8. The number of nitrogens with zero attached hydrogens (tertiary/aromatic N) is 2. The van der Waals surface area contributed by atoms with E-state index in [2.05, 4.69) is 59.9 Å². The molecular formula is C33H63FN8O3. The third-order valence-electron chi connectivity index (χ3n) is 7.96. The number of unbranched alkanes of at least 4 members (excludes halogenated alkanes) is 2. The normalized spacial score (nSPS) is 19.6. The lowest BCUT2D eigenvalue weighted by Gasteiger charge is -2.26. The summed E-state index contributed by atoms with van der Waals surface area (Å²) < 4.78 is 29.8. The average molecular weight is 638 g/mol. The predicted molar refractivity (Wildman–Crippen MR) is 181 cm³/mol. The highest BCUT2D eigenvalue weighted by Gasteiger charge is 2.13. The van der Waals surface area contributed by atoms with Crippen molar-refractivity contribution in [1.29, 1.82) is 0 Å². The Balaban J connectivity index is 1.57. The Kier molecular flexibility index (Phi) is 22.5. The van der Waals surface area contributed by atoms with Crippen LogP contribution in [0, 0.1) is 0 Å². The minimum absolute atomic E-state index is 0.246. The lowest BCUT2D eigenvalue weighted by atomic mass is 10.1. The molecule has 2 saturated heterocycles. The number of alkyl halides is 1. The van der Waals surface area contributed by atoms with Crippen LogP contribution in [0.4, 0.5) is 4.39 Å². The smallest absolute Gasteiger partial charge is 0.120 e. The van der Waals surface area contributed by atoms with Gasteiger partial charge in [0, 0.05) is 124 Å². The molecule has 12 heteroatoms. The molecular weight excluding hydrogens is 574 g/mol. The maximum Gasteiger partial charge on any atom is 0.120 e. The summed E-state index contributed by atoms with van der Waals surface area (Å²) in [7, 11) is 0. The fourth-order valence-corrected chi connectivity index (χ4v) is 5.47. The van der Waals surface area contributed by atoms with E-state index in [9.17, 15) is 4.39 Å². The van der Waals surface area contributed by atoms with Gasteiger partial charge in [0.2, 0.25) is 0 Å². The zero-order valence-corrected chi connectivity index (χ0v) is 27.8. The largest absolute Gasteiger partial charge is 0.491 e. The highest BCUT2D eigenvalue weighted by atomic mass is 18.2. The van der Waals surface area contributed by atoms with E-state index >= 15 is 0 Å². The van der Waals surface area contributed by atoms with Gasteiger partial charge in [0.05, 0.1) is 26.5 Å². The molecule has 6 N–H and O–H groups in total. The van der Waals surface area contributed by atoms with Crippen molar-refractivity contribution >= 4 is 0 Å². The van der Waals surface area contributed by atoms with Crippen LogP contribution in [-0.2, 0) is 22.6 Å². The van der Waals surface area contributed by atoms with Crippen LogP contribution in [0.25, 0.3) is 0 Å². The van der Waals surface area contributed by atoms with Crippen molar-refractivity contribution in [1.82, 2.24) is 41.7 Å². The molecule has 1 aromatic carbocycles. The Morgan fingerprint density at radius 2 is 0.911 bits per heavy atom. The number of rotatable bonds is 16. The molecule has 0 unspecified atom stereocenters. The van der Waals surface area contributed by atoms with E-state index in [1.165, 1.54) is 11.1 Å². The van der Waals surface area contributed by atoms with Crippen LogP contribution in [0.5, 0.6) is 5.75 Å². The summed E-state index contributed by atoms with van der Waals surface area (Å²) in [6, 6.07) is 6.78. The molecule has 0 amide bonds. The van der Waals surface area contributed by atoms with Crippen LogP contribution in [0.1, 0.15) is 30.4 Å². The first kappa shape index (κ1) is 38.0. The van der Waals surface area contributed by atoms with Gasteiger partial charge in [-0.15, -0.1) is 0 Å². The molecule has 2 fully saturated rings. The van der Waals surface area contributed by atoms with Gasteiger partial charge in [-0.1, -0.05) is 6.07 Å². The van der Waals surface area contributed by atoms with Crippen LogP contribution in [0.3, 0.4) is 0 Å². The lowest BCUT2D eigenvalue weighted by molar-refractivity contribution is 0.0351. The molecule has 45 heavy (non-hydrogen) atoms. The second-order valence-corrected chi connectivity index (χ2v) is 11.9. The molecule has 0 spiro atoms. The van der Waals surface area contributed by atoms with Crippen molar-refractivity contribution in [2.75, 3.05) is 144 Å². The highest BCUT2D eigenvalue weighted by Crippen LogP contribution is 2.20. The summed E-state index contributed by atoms with van der Waals surface area (Å²) in [5.41, 5.74) is 2.57. The van der Waals surface area contributed by atoms with E-state index in [1.54, 1.807) is 0 Å². The molecule has 11 nitrogen and oxygen atoms in total. The summed E-state index contributed by atoms with van der Waals surface area (Å²) in [6.07, 6.45) is 2.39. The molecule has 260 valence electrons. The number of hydrogen-bond donors (Lipinski definition) is 6. The fraction of sp³-hybridized carbons (Fsp3) is 0.818.